The van der Waals surface area contributed by atoms with E-state index in [-0.39, 0.29) is 34.8 Å². The van der Waals surface area contributed by atoms with Crippen molar-refractivity contribution in [1.29, 1.82) is 0 Å². The van der Waals surface area contributed by atoms with Crippen LogP contribution in [0.4, 0.5) is 0 Å². The molecular formula is C20H24Br2O6S2. The van der Waals surface area contributed by atoms with Gasteiger partial charge in [-0.05, 0) is 79.1 Å². The van der Waals surface area contributed by atoms with Gasteiger partial charge >= 0.3 is 0 Å². The van der Waals surface area contributed by atoms with Crippen LogP contribution in [-0.4, -0.2) is 30.0 Å². The monoisotopic (exact) mass is 582 g/mol. The van der Waals surface area contributed by atoms with Crippen molar-refractivity contribution < 1.29 is 25.2 Å². The normalized spacial score (nSPS) is 12.7. The lowest BCUT2D eigenvalue weighted by atomic mass is 10.1. The minimum absolute atomic E-state index is 0.0240. The fourth-order valence-electron chi connectivity index (χ4n) is 2.33. The minimum atomic E-state index is -3.98. The second-order valence-corrected chi connectivity index (χ2v) is 12.4. The number of hydrogen-bond donors (Lipinski definition) is 0. The van der Waals surface area contributed by atoms with Crippen LogP contribution >= 0.6 is 31.9 Å². The summed E-state index contributed by atoms with van der Waals surface area (Å²) in [4.78, 5) is -0.0481. The zero-order valence-corrected chi connectivity index (χ0v) is 21.9. The van der Waals surface area contributed by atoms with E-state index in [4.69, 9.17) is 8.37 Å². The van der Waals surface area contributed by atoms with E-state index in [2.05, 4.69) is 31.9 Å². The Morgan fingerprint density at radius 2 is 1.03 bits per heavy atom. The molecule has 0 aliphatic rings. The van der Waals surface area contributed by atoms with E-state index in [1.54, 1.807) is 24.3 Å². The van der Waals surface area contributed by atoms with Gasteiger partial charge in [-0.15, -0.1) is 0 Å². The largest absolute Gasteiger partial charge is 0.298 e. The number of benzene rings is 2. The number of halogens is 2. The molecule has 166 valence electrons. The molecule has 0 heterocycles. The Labute approximate surface area is 195 Å². The lowest BCUT2D eigenvalue weighted by Gasteiger charge is -2.13. The Kier molecular flexibility index (Phi) is 8.68. The van der Waals surface area contributed by atoms with E-state index in [0.29, 0.717) is 20.1 Å². The molecule has 0 atom stereocenters. The molecule has 0 aromatic heterocycles. The zero-order chi connectivity index (χ0) is 22.7. The van der Waals surface area contributed by atoms with Gasteiger partial charge in [0, 0.05) is 8.95 Å². The molecule has 6 nitrogen and oxygen atoms in total. The van der Waals surface area contributed by atoms with Crippen LogP contribution in [0.15, 0.2) is 55.1 Å². The third-order valence-electron chi connectivity index (χ3n) is 3.85. The average Bonchev–Trinajstić information content (AvgIpc) is 2.65. The van der Waals surface area contributed by atoms with Gasteiger partial charge in [0.05, 0.1) is 13.2 Å². The van der Waals surface area contributed by atoms with Crippen molar-refractivity contribution in [2.45, 2.75) is 37.5 Å². The third-order valence-corrected chi connectivity index (χ3v) is 8.40. The summed E-state index contributed by atoms with van der Waals surface area (Å²) in [6, 6.07) is 9.47. The van der Waals surface area contributed by atoms with E-state index in [0.717, 1.165) is 0 Å². The SMILES string of the molecule is CC(C)COS(=O)(=O)c1cc(-c2ccc(Br)c(S(=O)(=O)OCC(C)C)c2)ccc1Br. The van der Waals surface area contributed by atoms with Crippen molar-refractivity contribution in [3.05, 3.63) is 45.3 Å². The highest BCUT2D eigenvalue weighted by molar-refractivity contribution is 9.10. The predicted octanol–water partition coefficient (Wildman–Crippen LogP) is 5.60. The molecule has 0 saturated heterocycles. The predicted molar refractivity (Wildman–Crippen MR) is 123 cm³/mol. The first-order valence-corrected chi connectivity index (χ1v) is 13.6. The van der Waals surface area contributed by atoms with Gasteiger partial charge in [0.2, 0.25) is 0 Å². The van der Waals surface area contributed by atoms with Gasteiger partial charge in [-0.2, -0.15) is 16.8 Å². The summed E-state index contributed by atoms with van der Waals surface area (Å²) in [5.41, 5.74) is 1.05. The molecule has 0 aliphatic heterocycles. The first-order valence-electron chi connectivity index (χ1n) is 9.22. The second kappa shape index (κ2) is 10.2. The molecule has 30 heavy (non-hydrogen) atoms. The molecule has 0 amide bonds. The topological polar surface area (TPSA) is 86.7 Å². The van der Waals surface area contributed by atoms with Crippen LogP contribution in [-0.2, 0) is 28.6 Å². The Balaban J connectivity index is 2.48. The van der Waals surface area contributed by atoms with Crippen LogP contribution in [0.5, 0.6) is 0 Å². The van der Waals surface area contributed by atoms with E-state index in [1.165, 1.54) is 12.1 Å². The highest BCUT2D eigenvalue weighted by Crippen LogP contribution is 2.33. The van der Waals surface area contributed by atoms with Crippen LogP contribution in [0.2, 0.25) is 0 Å². The van der Waals surface area contributed by atoms with E-state index >= 15 is 0 Å². The minimum Gasteiger partial charge on any atom is -0.266 e. The molecule has 0 saturated carbocycles. The highest BCUT2D eigenvalue weighted by atomic mass is 79.9. The standard InChI is InChI=1S/C20H24Br2O6S2/c1-13(2)11-27-29(23,24)19-9-15(5-7-17(19)21)16-6-8-18(22)20(10-16)30(25,26)28-12-14(3)4/h5-10,13-14H,11-12H2,1-4H3. The summed E-state index contributed by atoms with van der Waals surface area (Å²) in [6.45, 7) is 7.54. The molecule has 0 aliphatic carbocycles. The van der Waals surface area contributed by atoms with Crippen molar-refractivity contribution in [3.8, 4) is 11.1 Å². The van der Waals surface area contributed by atoms with Gasteiger partial charge in [0.15, 0.2) is 0 Å². The molecule has 0 N–H and O–H groups in total. The van der Waals surface area contributed by atoms with E-state index in [9.17, 15) is 16.8 Å². The van der Waals surface area contributed by atoms with Crippen molar-refractivity contribution in [1.82, 2.24) is 0 Å². The Morgan fingerprint density at radius 1 is 0.700 bits per heavy atom. The molecule has 0 spiro atoms. The maximum atomic E-state index is 12.6. The van der Waals surface area contributed by atoms with Crippen molar-refractivity contribution >= 4 is 52.1 Å². The molecule has 0 bridgehead atoms. The van der Waals surface area contributed by atoms with Gasteiger partial charge in [0.25, 0.3) is 20.2 Å². The highest BCUT2D eigenvalue weighted by Gasteiger charge is 2.23. The van der Waals surface area contributed by atoms with Crippen molar-refractivity contribution in [2.24, 2.45) is 11.8 Å². The lowest BCUT2D eigenvalue weighted by molar-refractivity contribution is 0.274. The Morgan fingerprint density at radius 3 is 1.33 bits per heavy atom. The maximum absolute atomic E-state index is 12.6. The first kappa shape index (κ1) is 25.5. The van der Waals surface area contributed by atoms with Crippen LogP contribution < -0.4 is 0 Å². The molecule has 10 heteroatoms. The number of hydrogen-bond acceptors (Lipinski definition) is 6. The summed E-state index contributed by atoms with van der Waals surface area (Å²) in [5.74, 6) is 0.0959. The quantitative estimate of drug-likeness (QED) is 0.357. The molecule has 2 aromatic rings. The molecule has 0 unspecified atom stereocenters. The van der Waals surface area contributed by atoms with E-state index in [1.807, 2.05) is 27.7 Å². The Hall–Kier alpha value is -0.780. The first-order chi connectivity index (χ1) is 13.8. The molecule has 2 aromatic carbocycles. The maximum Gasteiger partial charge on any atom is 0.298 e. The Bertz CT molecular complexity index is 1020. The van der Waals surface area contributed by atoms with Crippen LogP contribution in [0.1, 0.15) is 27.7 Å². The van der Waals surface area contributed by atoms with Gasteiger partial charge in [-0.3, -0.25) is 8.37 Å². The van der Waals surface area contributed by atoms with Gasteiger partial charge in [-0.1, -0.05) is 39.8 Å². The number of rotatable bonds is 9. The lowest BCUT2D eigenvalue weighted by Crippen LogP contribution is -2.12. The van der Waals surface area contributed by atoms with Crippen LogP contribution in [0.3, 0.4) is 0 Å². The van der Waals surface area contributed by atoms with Gasteiger partial charge in [-0.25, -0.2) is 0 Å². The van der Waals surface area contributed by atoms with Gasteiger partial charge in [0.1, 0.15) is 9.79 Å². The van der Waals surface area contributed by atoms with Crippen LogP contribution in [0, 0.1) is 11.8 Å². The summed E-state index contributed by atoms with van der Waals surface area (Å²) in [5, 5.41) is 0. The molecule has 2 rings (SSSR count). The molecular weight excluding hydrogens is 560 g/mol. The van der Waals surface area contributed by atoms with Crippen molar-refractivity contribution in [3.63, 3.8) is 0 Å². The van der Waals surface area contributed by atoms with Crippen LogP contribution in [0.25, 0.3) is 11.1 Å². The van der Waals surface area contributed by atoms with Crippen molar-refractivity contribution in [2.75, 3.05) is 13.2 Å². The second-order valence-electron chi connectivity index (χ2n) is 7.56. The summed E-state index contributed by atoms with van der Waals surface area (Å²) in [6.07, 6.45) is 0. The average molecular weight is 584 g/mol. The zero-order valence-electron chi connectivity index (χ0n) is 17.1. The van der Waals surface area contributed by atoms with E-state index < -0.39 is 20.2 Å². The summed E-state index contributed by atoms with van der Waals surface area (Å²) >= 11 is 6.51. The molecule has 0 fully saturated rings. The summed E-state index contributed by atoms with van der Waals surface area (Å²) < 4.78 is 61.3. The third kappa shape index (κ3) is 6.61. The fourth-order valence-corrected chi connectivity index (χ4v) is 6.32. The summed E-state index contributed by atoms with van der Waals surface area (Å²) in [7, 11) is -7.96. The van der Waals surface area contributed by atoms with Gasteiger partial charge < -0.3 is 0 Å². The smallest absolute Gasteiger partial charge is 0.266 e. The molecule has 0 radical (unpaired) electrons. The fraction of sp³-hybridized carbons (Fsp3) is 0.400.